The van der Waals surface area contributed by atoms with E-state index in [4.69, 9.17) is 10.1 Å². The molecule has 0 fully saturated rings. The summed E-state index contributed by atoms with van der Waals surface area (Å²) in [7, 11) is 0. The van der Waals surface area contributed by atoms with Crippen molar-refractivity contribution in [3.05, 3.63) is 161 Å². The highest BCUT2D eigenvalue weighted by Gasteiger charge is 2.37. The second-order valence-electron chi connectivity index (χ2n) is 9.63. The van der Waals surface area contributed by atoms with Crippen molar-refractivity contribution >= 4 is 11.4 Å². The summed E-state index contributed by atoms with van der Waals surface area (Å²) in [6.45, 7) is 3.95. The Balaban J connectivity index is 1.75. The molecule has 0 saturated heterocycles. The third-order valence-corrected chi connectivity index (χ3v) is 6.63. The first-order chi connectivity index (χ1) is 19.0. The van der Waals surface area contributed by atoms with E-state index in [-0.39, 0.29) is 6.10 Å². The van der Waals surface area contributed by atoms with Crippen LogP contribution in [0.25, 0.3) is 0 Å². The third kappa shape index (κ3) is 5.43. The fourth-order valence-corrected chi connectivity index (χ4v) is 4.91. The Morgan fingerprint density at radius 2 is 1.31 bits per heavy atom. The maximum absolute atomic E-state index is 14.1. The zero-order valence-electron chi connectivity index (χ0n) is 22.0. The molecular formula is C34H31FN3O+. The first-order valence-corrected chi connectivity index (χ1v) is 13.0. The summed E-state index contributed by atoms with van der Waals surface area (Å²) >= 11 is 0. The fourth-order valence-electron chi connectivity index (χ4n) is 4.91. The van der Waals surface area contributed by atoms with Crippen LogP contribution in [0.5, 0.6) is 5.75 Å². The normalized spacial score (nSPS) is 11.3. The number of aromatic nitrogens is 1. The number of nitrogens with two attached hydrogens (primary N) is 1. The topological polar surface area (TPSA) is 59.7 Å². The molecule has 0 amide bonds. The van der Waals surface area contributed by atoms with Gasteiger partial charge in [0.25, 0.3) is 0 Å². The van der Waals surface area contributed by atoms with E-state index in [2.05, 4.69) is 46.7 Å². The van der Waals surface area contributed by atoms with E-state index < -0.39 is 11.5 Å². The quantitative estimate of drug-likeness (QED) is 0.143. The number of nitrogens with zero attached hydrogens (tertiary/aromatic N) is 1. The van der Waals surface area contributed by atoms with Gasteiger partial charge in [0.1, 0.15) is 11.3 Å². The first-order valence-electron chi connectivity index (χ1n) is 13.0. The van der Waals surface area contributed by atoms with Gasteiger partial charge in [0.05, 0.1) is 17.2 Å². The Morgan fingerprint density at radius 3 is 1.79 bits per heavy atom. The van der Waals surface area contributed by atoms with Crippen LogP contribution in [-0.4, -0.2) is 16.8 Å². The lowest BCUT2D eigenvalue weighted by molar-refractivity contribution is -0.111. The van der Waals surface area contributed by atoms with E-state index in [1.165, 1.54) is 12.3 Å². The number of pyridine rings is 1. The molecule has 0 saturated carbocycles. The Hall–Kier alpha value is -4.77. The smallest absolute Gasteiger partial charge is 0.213 e. The standard InChI is InChI=1S/C34H30FN3O/c1-24(2)39-29-18-19-31(30(23-29)33(36)25-20-21-37-32(35)22-25)38-34(26-12-6-3-7-13-26,27-14-8-4-9-15-27)28-16-10-5-11-17-28/h3-24,36,38H,1-2H3/p+1. The van der Waals surface area contributed by atoms with Crippen molar-refractivity contribution in [2.24, 2.45) is 0 Å². The molecule has 0 spiro atoms. The third-order valence-electron chi connectivity index (χ3n) is 6.63. The number of nitrogens with one attached hydrogen (secondary N) is 1. The number of anilines is 1. The molecule has 5 rings (SSSR count). The average Bonchev–Trinajstić information content (AvgIpc) is 2.97. The summed E-state index contributed by atoms with van der Waals surface area (Å²) in [5, 5.41) is 10.6. The second-order valence-corrected chi connectivity index (χ2v) is 9.63. The Morgan fingerprint density at radius 1 is 0.769 bits per heavy atom. The molecule has 5 aromatic rings. The van der Waals surface area contributed by atoms with Crippen LogP contribution in [0.2, 0.25) is 0 Å². The van der Waals surface area contributed by atoms with Gasteiger partial charge >= 0.3 is 0 Å². The Bertz CT molecular complexity index is 1460. The molecule has 1 aromatic heterocycles. The molecule has 4 nitrogen and oxygen atoms in total. The van der Waals surface area contributed by atoms with Gasteiger partial charge in [-0.2, -0.15) is 4.39 Å². The summed E-state index contributed by atoms with van der Waals surface area (Å²) < 4.78 is 20.1. The summed E-state index contributed by atoms with van der Waals surface area (Å²) in [6.07, 6.45) is 1.40. The molecule has 0 unspecified atom stereocenters. The van der Waals surface area contributed by atoms with Gasteiger partial charge in [0, 0.05) is 18.0 Å². The van der Waals surface area contributed by atoms with E-state index in [1.807, 2.05) is 86.6 Å². The molecule has 39 heavy (non-hydrogen) atoms. The van der Waals surface area contributed by atoms with Crippen molar-refractivity contribution in [3.63, 3.8) is 0 Å². The number of halogens is 1. The van der Waals surface area contributed by atoms with E-state index >= 15 is 0 Å². The van der Waals surface area contributed by atoms with Crippen LogP contribution in [0.4, 0.5) is 10.1 Å². The Labute approximate surface area is 228 Å². The highest BCUT2D eigenvalue weighted by molar-refractivity contribution is 6.12. The Kier molecular flexibility index (Phi) is 7.50. The van der Waals surface area contributed by atoms with Gasteiger partial charge in [0.15, 0.2) is 0 Å². The summed E-state index contributed by atoms with van der Waals surface area (Å²) in [4.78, 5) is 3.70. The predicted octanol–water partition coefficient (Wildman–Crippen LogP) is 6.01. The number of benzene rings is 4. The van der Waals surface area contributed by atoms with Crippen LogP contribution in [0, 0.1) is 5.95 Å². The SMILES string of the molecule is CC(C)Oc1ccc(NC(c2ccccc2)(c2ccccc2)c2ccccc2)c(C(=[NH2+])c2ccnc(F)c2)c1. The number of hydrogen-bond acceptors (Lipinski definition) is 3. The van der Waals surface area contributed by atoms with E-state index in [0.29, 0.717) is 22.6 Å². The molecule has 0 aliphatic heterocycles. The molecule has 0 aliphatic carbocycles. The summed E-state index contributed by atoms with van der Waals surface area (Å²) in [5.74, 6) is 0.0829. The van der Waals surface area contributed by atoms with E-state index in [0.717, 1.165) is 22.4 Å². The largest absolute Gasteiger partial charge is 0.491 e. The monoisotopic (exact) mass is 516 g/mol. The lowest BCUT2D eigenvalue weighted by Crippen LogP contribution is -2.43. The minimum absolute atomic E-state index is 0.0201. The zero-order valence-corrected chi connectivity index (χ0v) is 22.0. The lowest BCUT2D eigenvalue weighted by Gasteiger charge is -2.38. The molecule has 194 valence electrons. The highest BCUT2D eigenvalue weighted by Crippen LogP contribution is 2.41. The van der Waals surface area contributed by atoms with Crippen molar-refractivity contribution in [1.82, 2.24) is 4.98 Å². The van der Waals surface area contributed by atoms with Gasteiger partial charge in [-0.05, 0) is 54.8 Å². The molecule has 0 atom stereocenters. The number of rotatable bonds is 9. The van der Waals surface area contributed by atoms with E-state index in [9.17, 15) is 4.39 Å². The minimum atomic E-state index is -0.761. The molecule has 1 heterocycles. The molecule has 0 radical (unpaired) electrons. The lowest BCUT2D eigenvalue weighted by atomic mass is 9.76. The molecule has 0 aliphatic rings. The van der Waals surface area contributed by atoms with Crippen LogP contribution in [-0.2, 0) is 5.54 Å². The molecule has 3 N–H and O–H groups in total. The molecular weight excluding hydrogens is 485 g/mol. The fraction of sp³-hybridized carbons (Fsp3) is 0.118. The summed E-state index contributed by atoms with van der Waals surface area (Å²) in [5.41, 5.74) is 4.84. The number of ether oxygens (including phenoxy) is 1. The average molecular weight is 517 g/mol. The molecule has 0 bridgehead atoms. The van der Waals surface area contributed by atoms with E-state index in [1.54, 1.807) is 6.07 Å². The molecule has 4 aromatic carbocycles. The van der Waals surface area contributed by atoms with Gasteiger partial charge in [-0.15, -0.1) is 0 Å². The van der Waals surface area contributed by atoms with Crippen LogP contribution < -0.4 is 15.5 Å². The first kappa shape index (κ1) is 25.9. The maximum atomic E-state index is 14.1. The summed E-state index contributed by atoms with van der Waals surface area (Å²) in [6, 6.07) is 39.8. The van der Waals surface area contributed by atoms with Gasteiger partial charge in [-0.25, -0.2) is 4.98 Å². The highest BCUT2D eigenvalue weighted by atomic mass is 19.1. The van der Waals surface area contributed by atoms with Crippen LogP contribution >= 0.6 is 0 Å². The van der Waals surface area contributed by atoms with Gasteiger partial charge < -0.3 is 10.1 Å². The van der Waals surface area contributed by atoms with Crippen molar-refractivity contribution in [1.29, 1.82) is 0 Å². The predicted molar refractivity (Wildman–Crippen MR) is 154 cm³/mol. The van der Waals surface area contributed by atoms with Crippen molar-refractivity contribution in [2.75, 3.05) is 5.32 Å². The van der Waals surface area contributed by atoms with Crippen LogP contribution in [0.3, 0.4) is 0 Å². The van der Waals surface area contributed by atoms with Crippen molar-refractivity contribution in [3.8, 4) is 5.75 Å². The molecule has 5 heteroatoms. The zero-order chi connectivity index (χ0) is 27.2. The minimum Gasteiger partial charge on any atom is -0.491 e. The van der Waals surface area contributed by atoms with Crippen molar-refractivity contribution in [2.45, 2.75) is 25.5 Å². The maximum Gasteiger partial charge on any atom is 0.213 e. The van der Waals surface area contributed by atoms with Gasteiger partial charge in [-0.3, -0.25) is 5.41 Å². The van der Waals surface area contributed by atoms with Crippen LogP contribution in [0.15, 0.2) is 128 Å². The second kappa shape index (κ2) is 11.3. The van der Waals surface area contributed by atoms with Crippen molar-refractivity contribution < 1.29 is 14.5 Å². The number of hydrogen-bond donors (Lipinski definition) is 2. The van der Waals surface area contributed by atoms with Gasteiger partial charge in [-0.1, -0.05) is 91.0 Å². The van der Waals surface area contributed by atoms with Gasteiger partial charge in [0.2, 0.25) is 11.7 Å². The van der Waals surface area contributed by atoms with Crippen LogP contribution in [0.1, 0.15) is 41.7 Å².